The molecule has 0 fully saturated rings. The molecule has 4 nitrogen and oxygen atoms in total. The van der Waals surface area contributed by atoms with E-state index in [2.05, 4.69) is 0 Å². The van der Waals surface area contributed by atoms with Gasteiger partial charge >= 0.3 is 0 Å². The van der Waals surface area contributed by atoms with Crippen LogP contribution in [0.5, 0.6) is 11.5 Å². The molecule has 0 atom stereocenters. The number of aliphatic hydroxyl groups is 2. The summed E-state index contributed by atoms with van der Waals surface area (Å²) in [5.41, 5.74) is 1.33. The fraction of sp³-hybridized carbons (Fsp3) is 0.200. The summed E-state index contributed by atoms with van der Waals surface area (Å²) < 4.78 is 10.8. The summed E-state index contributed by atoms with van der Waals surface area (Å²) in [5.74, 6) is 0.729. The molecule has 4 heteroatoms. The van der Waals surface area contributed by atoms with E-state index in [1.54, 1.807) is 30.4 Å². The fourth-order valence-corrected chi connectivity index (χ4v) is 1.68. The van der Waals surface area contributed by atoms with Crippen molar-refractivity contribution in [2.75, 3.05) is 6.61 Å². The number of aliphatic hydroxyl groups excluding tert-OH is 2. The van der Waals surface area contributed by atoms with E-state index in [-0.39, 0.29) is 12.6 Å². The van der Waals surface area contributed by atoms with E-state index in [1.165, 1.54) is 0 Å². The highest BCUT2D eigenvalue weighted by atomic mass is 16.6. The summed E-state index contributed by atoms with van der Waals surface area (Å²) in [6.07, 6.45) is 7.12. The average molecular weight is 260 g/mol. The van der Waals surface area contributed by atoms with Crippen LogP contribution in [0, 0.1) is 0 Å². The van der Waals surface area contributed by atoms with Gasteiger partial charge in [-0.1, -0.05) is 18.2 Å². The normalized spacial score (nSPS) is 12.8. The van der Waals surface area contributed by atoms with E-state index in [0.29, 0.717) is 23.7 Å². The van der Waals surface area contributed by atoms with Crippen molar-refractivity contribution in [3.63, 3.8) is 0 Å². The van der Waals surface area contributed by atoms with Crippen molar-refractivity contribution in [2.24, 2.45) is 0 Å². The molecule has 1 aliphatic carbocycles. The summed E-state index contributed by atoms with van der Waals surface area (Å²) in [5, 5.41) is 19.0. The molecule has 0 aliphatic heterocycles. The summed E-state index contributed by atoms with van der Waals surface area (Å²) >= 11 is 0. The van der Waals surface area contributed by atoms with Gasteiger partial charge in [0.25, 0.3) is 5.95 Å². The molecule has 0 spiro atoms. The molecule has 0 amide bonds. The molecule has 0 heterocycles. The van der Waals surface area contributed by atoms with Crippen LogP contribution in [-0.2, 0) is 6.61 Å². The van der Waals surface area contributed by atoms with Crippen LogP contribution in [0.1, 0.15) is 12.5 Å². The van der Waals surface area contributed by atoms with Crippen LogP contribution in [0.2, 0.25) is 0 Å². The molecule has 1 aromatic rings. The van der Waals surface area contributed by atoms with Gasteiger partial charge in [0.05, 0.1) is 18.8 Å². The van der Waals surface area contributed by atoms with Gasteiger partial charge in [-0.3, -0.25) is 0 Å². The Balaban J connectivity index is 2.26. The quantitative estimate of drug-likeness (QED) is 0.799. The van der Waals surface area contributed by atoms with Crippen molar-refractivity contribution in [1.29, 1.82) is 0 Å². The van der Waals surface area contributed by atoms with Crippen molar-refractivity contribution in [3.05, 3.63) is 59.6 Å². The zero-order valence-corrected chi connectivity index (χ0v) is 10.7. The zero-order chi connectivity index (χ0) is 13.7. The molecule has 100 valence electrons. The zero-order valence-electron chi connectivity index (χ0n) is 10.7. The second kappa shape index (κ2) is 6.11. The molecule has 19 heavy (non-hydrogen) atoms. The van der Waals surface area contributed by atoms with Gasteiger partial charge in [0.2, 0.25) is 0 Å². The minimum atomic E-state index is -0.178. The lowest BCUT2D eigenvalue weighted by atomic mass is 10.2. The predicted molar refractivity (Wildman–Crippen MR) is 72.1 cm³/mol. The van der Waals surface area contributed by atoms with E-state index < -0.39 is 0 Å². The number of rotatable bonds is 5. The van der Waals surface area contributed by atoms with E-state index in [1.807, 2.05) is 19.1 Å². The first-order chi connectivity index (χ1) is 9.24. The summed E-state index contributed by atoms with van der Waals surface area (Å²) in [6, 6.07) is 5.07. The van der Waals surface area contributed by atoms with E-state index >= 15 is 0 Å². The molecule has 0 unspecified atom stereocenters. The molecule has 2 rings (SSSR count). The van der Waals surface area contributed by atoms with Gasteiger partial charge in [0.1, 0.15) is 0 Å². The minimum absolute atomic E-state index is 0.0705. The van der Waals surface area contributed by atoms with Gasteiger partial charge in [0.15, 0.2) is 11.5 Å². The second-order valence-corrected chi connectivity index (χ2v) is 3.95. The smallest absolute Gasteiger partial charge is 0.289 e. The van der Waals surface area contributed by atoms with Crippen LogP contribution in [0.15, 0.2) is 54.0 Å². The van der Waals surface area contributed by atoms with Crippen LogP contribution < -0.4 is 9.47 Å². The predicted octanol–water partition coefficient (Wildman–Crippen LogP) is 2.85. The van der Waals surface area contributed by atoms with Crippen molar-refractivity contribution in [1.82, 2.24) is 0 Å². The maximum absolute atomic E-state index is 9.87. The first-order valence-corrected chi connectivity index (χ1v) is 6.07. The average Bonchev–Trinajstić information content (AvgIpc) is 2.95. The van der Waals surface area contributed by atoms with Gasteiger partial charge in [-0.25, -0.2) is 0 Å². The largest absolute Gasteiger partial charge is 0.490 e. The maximum atomic E-state index is 9.87. The molecule has 0 bridgehead atoms. The Morgan fingerprint density at radius 2 is 1.89 bits per heavy atom. The molecule has 1 aromatic carbocycles. The van der Waals surface area contributed by atoms with E-state index in [9.17, 15) is 5.11 Å². The first kappa shape index (κ1) is 13.2. The number of ether oxygens (including phenoxy) is 2. The molecular weight excluding hydrogens is 244 g/mol. The third kappa shape index (κ3) is 3.17. The van der Waals surface area contributed by atoms with Crippen molar-refractivity contribution in [2.45, 2.75) is 13.5 Å². The lowest BCUT2D eigenvalue weighted by Gasteiger charge is -2.12. The van der Waals surface area contributed by atoms with Gasteiger partial charge in [-0.15, -0.1) is 0 Å². The Labute approximate surface area is 111 Å². The Morgan fingerprint density at radius 3 is 2.53 bits per heavy atom. The molecular formula is C15H16O4. The summed E-state index contributed by atoms with van der Waals surface area (Å²) in [6.45, 7) is 2.26. The standard InChI is InChI=1S/C15H16O4/c1-2-18-14-9-11(10-16)7-8-13(14)19-15(17)12-5-3-4-6-12/h3-9,16-17H,2,10H2,1H3. The van der Waals surface area contributed by atoms with Crippen LogP contribution in [-0.4, -0.2) is 16.8 Å². The highest BCUT2D eigenvalue weighted by molar-refractivity contribution is 5.46. The number of benzene rings is 1. The maximum Gasteiger partial charge on any atom is 0.289 e. The van der Waals surface area contributed by atoms with Gasteiger partial charge in [0, 0.05) is 0 Å². The SMILES string of the molecule is CCOc1cc(CO)ccc1OC(O)=C1C=CC=C1. The van der Waals surface area contributed by atoms with Crippen LogP contribution in [0.3, 0.4) is 0 Å². The number of hydrogen-bond acceptors (Lipinski definition) is 4. The highest BCUT2D eigenvalue weighted by Gasteiger charge is 2.11. The van der Waals surface area contributed by atoms with E-state index in [0.717, 1.165) is 5.56 Å². The van der Waals surface area contributed by atoms with E-state index in [4.69, 9.17) is 14.6 Å². The Morgan fingerprint density at radius 1 is 1.16 bits per heavy atom. The topological polar surface area (TPSA) is 58.9 Å². The lowest BCUT2D eigenvalue weighted by molar-refractivity contribution is 0.196. The molecule has 0 saturated carbocycles. The van der Waals surface area contributed by atoms with Gasteiger partial charge in [-0.05, 0) is 36.8 Å². The van der Waals surface area contributed by atoms with Crippen LogP contribution in [0.4, 0.5) is 0 Å². The highest BCUT2D eigenvalue weighted by Crippen LogP contribution is 2.30. The molecule has 0 aromatic heterocycles. The number of allylic oxidation sites excluding steroid dienone is 5. The lowest BCUT2D eigenvalue weighted by Crippen LogP contribution is -2.01. The third-order valence-corrected chi connectivity index (χ3v) is 2.61. The Bertz CT molecular complexity index is 527. The van der Waals surface area contributed by atoms with Crippen LogP contribution >= 0.6 is 0 Å². The molecule has 1 aliphatic rings. The summed E-state index contributed by atoms with van der Waals surface area (Å²) in [4.78, 5) is 0. The molecule has 0 saturated heterocycles. The minimum Gasteiger partial charge on any atom is -0.490 e. The Hall–Kier alpha value is -2.20. The van der Waals surface area contributed by atoms with Gasteiger partial charge in [-0.2, -0.15) is 0 Å². The third-order valence-electron chi connectivity index (χ3n) is 2.61. The monoisotopic (exact) mass is 260 g/mol. The van der Waals surface area contributed by atoms with Crippen molar-refractivity contribution >= 4 is 0 Å². The van der Waals surface area contributed by atoms with Crippen LogP contribution in [0.25, 0.3) is 0 Å². The van der Waals surface area contributed by atoms with Crippen molar-refractivity contribution in [3.8, 4) is 11.5 Å². The summed E-state index contributed by atoms with van der Waals surface area (Å²) in [7, 11) is 0. The van der Waals surface area contributed by atoms with Crippen molar-refractivity contribution < 1.29 is 19.7 Å². The molecule has 2 N–H and O–H groups in total. The molecule has 0 radical (unpaired) electrons. The second-order valence-electron chi connectivity index (χ2n) is 3.95. The first-order valence-electron chi connectivity index (χ1n) is 6.07. The fourth-order valence-electron chi connectivity index (χ4n) is 1.68. The van der Waals surface area contributed by atoms with Gasteiger partial charge < -0.3 is 19.7 Å². The number of hydrogen-bond donors (Lipinski definition) is 2. The Kier molecular flexibility index (Phi) is 4.26.